The number of hydrogen-bond acceptors (Lipinski definition) is 4. The SMILES string of the molecule is NCC1CSCC(=O)N1Cc1ccccn1. The Morgan fingerprint density at radius 2 is 2.44 bits per heavy atom. The molecule has 1 amide bonds. The average molecular weight is 237 g/mol. The third-order valence-corrected chi connectivity index (χ3v) is 3.70. The first-order chi connectivity index (χ1) is 7.81. The van der Waals surface area contributed by atoms with Crippen LogP contribution in [0.3, 0.4) is 0 Å². The lowest BCUT2D eigenvalue weighted by Crippen LogP contribution is -2.49. The van der Waals surface area contributed by atoms with Gasteiger partial charge in [0.25, 0.3) is 0 Å². The molecule has 0 saturated carbocycles. The van der Waals surface area contributed by atoms with Crippen LogP contribution in [0.5, 0.6) is 0 Å². The van der Waals surface area contributed by atoms with E-state index in [1.165, 1.54) is 0 Å². The maximum atomic E-state index is 11.8. The Kier molecular flexibility index (Phi) is 3.79. The van der Waals surface area contributed by atoms with Gasteiger partial charge in [0.05, 0.1) is 24.0 Å². The van der Waals surface area contributed by atoms with E-state index >= 15 is 0 Å². The fraction of sp³-hybridized carbons (Fsp3) is 0.455. The summed E-state index contributed by atoms with van der Waals surface area (Å²) < 4.78 is 0. The normalized spacial score (nSPS) is 21.2. The van der Waals surface area contributed by atoms with Gasteiger partial charge in [-0.15, -0.1) is 11.8 Å². The molecule has 1 saturated heterocycles. The zero-order valence-electron chi connectivity index (χ0n) is 9.00. The number of pyridine rings is 1. The molecule has 1 atom stereocenters. The van der Waals surface area contributed by atoms with Crippen molar-refractivity contribution < 1.29 is 4.79 Å². The Morgan fingerprint density at radius 1 is 1.56 bits per heavy atom. The number of carbonyl (C=O) groups is 1. The van der Waals surface area contributed by atoms with E-state index in [4.69, 9.17) is 5.73 Å². The van der Waals surface area contributed by atoms with E-state index in [9.17, 15) is 4.79 Å². The van der Waals surface area contributed by atoms with E-state index in [-0.39, 0.29) is 11.9 Å². The molecule has 0 aliphatic carbocycles. The smallest absolute Gasteiger partial charge is 0.233 e. The van der Waals surface area contributed by atoms with Gasteiger partial charge in [0.15, 0.2) is 0 Å². The van der Waals surface area contributed by atoms with Gasteiger partial charge in [-0.2, -0.15) is 0 Å². The van der Waals surface area contributed by atoms with Crippen molar-refractivity contribution in [1.82, 2.24) is 9.88 Å². The monoisotopic (exact) mass is 237 g/mol. The van der Waals surface area contributed by atoms with Gasteiger partial charge in [-0.05, 0) is 12.1 Å². The first-order valence-electron chi connectivity index (χ1n) is 5.28. The summed E-state index contributed by atoms with van der Waals surface area (Å²) >= 11 is 1.66. The number of nitrogens with zero attached hydrogens (tertiary/aromatic N) is 2. The minimum atomic E-state index is 0.147. The maximum absolute atomic E-state index is 11.8. The first-order valence-corrected chi connectivity index (χ1v) is 6.44. The Hall–Kier alpha value is -1.07. The molecule has 2 rings (SSSR count). The molecular weight excluding hydrogens is 222 g/mol. The third-order valence-electron chi connectivity index (χ3n) is 2.63. The Morgan fingerprint density at radius 3 is 3.12 bits per heavy atom. The fourth-order valence-electron chi connectivity index (χ4n) is 1.74. The van der Waals surface area contributed by atoms with Crippen molar-refractivity contribution in [3.63, 3.8) is 0 Å². The number of amides is 1. The zero-order valence-corrected chi connectivity index (χ0v) is 9.82. The van der Waals surface area contributed by atoms with Crippen LogP contribution in [-0.4, -0.2) is 39.9 Å². The number of aromatic nitrogens is 1. The number of thioether (sulfide) groups is 1. The largest absolute Gasteiger partial charge is 0.331 e. The molecule has 1 aromatic heterocycles. The van der Waals surface area contributed by atoms with Crippen LogP contribution in [0.4, 0.5) is 0 Å². The summed E-state index contributed by atoms with van der Waals surface area (Å²) in [4.78, 5) is 17.9. The molecule has 1 fully saturated rings. The van der Waals surface area contributed by atoms with Gasteiger partial charge >= 0.3 is 0 Å². The summed E-state index contributed by atoms with van der Waals surface area (Å²) in [6.07, 6.45) is 1.75. The van der Waals surface area contributed by atoms with Gasteiger partial charge in [-0.25, -0.2) is 0 Å². The molecule has 1 aromatic rings. The van der Waals surface area contributed by atoms with Gasteiger partial charge in [0.1, 0.15) is 0 Å². The molecule has 0 aromatic carbocycles. The summed E-state index contributed by atoms with van der Waals surface area (Å²) in [6, 6.07) is 5.89. The van der Waals surface area contributed by atoms with E-state index in [1.807, 2.05) is 23.1 Å². The van der Waals surface area contributed by atoms with Crippen LogP contribution in [-0.2, 0) is 11.3 Å². The summed E-state index contributed by atoms with van der Waals surface area (Å²) in [7, 11) is 0. The average Bonchev–Trinajstić information content (AvgIpc) is 2.33. The highest BCUT2D eigenvalue weighted by molar-refractivity contribution is 8.00. The van der Waals surface area contributed by atoms with E-state index in [0.29, 0.717) is 18.8 Å². The molecule has 2 heterocycles. The van der Waals surface area contributed by atoms with Crippen molar-refractivity contribution >= 4 is 17.7 Å². The molecule has 86 valence electrons. The number of rotatable bonds is 3. The highest BCUT2D eigenvalue weighted by Gasteiger charge is 2.27. The minimum absolute atomic E-state index is 0.147. The van der Waals surface area contributed by atoms with E-state index < -0.39 is 0 Å². The Bertz CT molecular complexity index is 358. The second-order valence-electron chi connectivity index (χ2n) is 3.75. The Balaban J connectivity index is 2.08. The van der Waals surface area contributed by atoms with Gasteiger partial charge in [0, 0.05) is 18.5 Å². The molecular formula is C11H15N3OS. The lowest BCUT2D eigenvalue weighted by molar-refractivity contribution is -0.131. The minimum Gasteiger partial charge on any atom is -0.331 e. The van der Waals surface area contributed by atoms with Crippen LogP contribution in [0, 0.1) is 0 Å². The van der Waals surface area contributed by atoms with Crippen LogP contribution in [0.25, 0.3) is 0 Å². The van der Waals surface area contributed by atoms with Gasteiger partial charge < -0.3 is 10.6 Å². The summed E-state index contributed by atoms with van der Waals surface area (Å²) in [5, 5.41) is 0. The maximum Gasteiger partial charge on any atom is 0.233 e. The quantitative estimate of drug-likeness (QED) is 0.831. The predicted molar refractivity (Wildman–Crippen MR) is 65.0 cm³/mol. The van der Waals surface area contributed by atoms with Crippen LogP contribution < -0.4 is 5.73 Å². The van der Waals surface area contributed by atoms with Gasteiger partial charge in [0.2, 0.25) is 5.91 Å². The summed E-state index contributed by atoms with van der Waals surface area (Å²) in [5.74, 6) is 1.65. The standard InChI is InChI=1S/C11H15N3OS/c12-5-10-7-16-8-11(15)14(10)6-9-3-1-2-4-13-9/h1-4,10H,5-8,12H2. The van der Waals surface area contributed by atoms with Crippen molar-refractivity contribution in [1.29, 1.82) is 0 Å². The molecule has 5 heteroatoms. The fourth-order valence-corrected chi connectivity index (χ4v) is 2.78. The molecule has 16 heavy (non-hydrogen) atoms. The van der Waals surface area contributed by atoms with Crippen molar-refractivity contribution in [2.75, 3.05) is 18.1 Å². The molecule has 0 spiro atoms. The highest BCUT2D eigenvalue weighted by Crippen LogP contribution is 2.18. The van der Waals surface area contributed by atoms with Crippen molar-refractivity contribution in [3.8, 4) is 0 Å². The molecule has 1 unspecified atom stereocenters. The first kappa shape index (κ1) is 11.4. The molecule has 4 nitrogen and oxygen atoms in total. The summed E-state index contributed by atoms with van der Waals surface area (Å²) in [5.41, 5.74) is 6.60. The zero-order chi connectivity index (χ0) is 11.4. The second kappa shape index (κ2) is 5.32. The van der Waals surface area contributed by atoms with Crippen LogP contribution >= 0.6 is 11.8 Å². The van der Waals surface area contributed by atoms with E-state index in [2.05, 4.69) is 4.98 Å². The number of hydrogen-bond donors (Lipinski definition) is 1. The van der Waals surface area contributed by atoms with Crippen LogP contribution in [0.15, 0.2) is 24.4 Å². The molecule has 1 aliphatic rings. The highest BCUT2D eigenvalue weighted by atomic mass is 32.2. The third kappa shape index (κ3) is 2.54. The van der Waals surface area contributed by atoms with Gasteiger partial charge in [-0.1, -0.05) is 6.07 Å². The van der Waals surface area contributed by atoms with Gasteiger partial charge in [-0.3, -0.25) is 9.78 Å². The number of nitrogens with two attached hydrogens (primary N) is 1. The van der Waals surface area contributed by atoms with E-state index in [0.717, 1.165) is 11.4 Å². The lowest BCUT2D eigenvalue weighted by Gasteiger charge is -2.34. The molecule has 1 aliphatic heterocycles. The topological polar surface area (TPSA) is 59.2 Å². The predicted octanol–water partition coefficient (Wildman–Crippen LogP) is 0.484. The Labute approximate surface area is 99.2 Å². The molecule has 2 N–H and O–H groups in total. The van der Waals surface area contributed by atoms with Crippen molar-refractivity contribution in [3.05, 3.63) is 30.1 Å². The molecule has 0 bridgehead atoms. The van der Waals surface area contributed by atoms with Crippen molar-refractivity contribution in [2.45, 2.75) is 12.6 Å². The second-order valence-corrected chi connectivity index (χ2v) is 4.78. The lowest BCUT2D eigenvalue weighted by atomic mass is 10.2. The van der Waals surface area contributed by atoms with Crippen molar-refractivity contribution in [2.24, 2.45) is 5.73 Å². The van der Waals surface area contributed by atoms with Crippen LogP contribution in [0.2, 0.25) is 0 Å². The van der Waals surface area contributed by atoms with E-state index in [1.54, 1.807) is 18.0 Å². The van der Waals surface area contributed by atoms with Crippen LogP contribution in [0.1, 0.15) is 5.69 Å². The molecule has 0 radical (unpaired) electrons. The summed E-state index contributed by atoms with van der Waals surface area (Å²) in [6.45, 7) is 1.09. The number of carbonyl (C=O) groups excluding carboxylic acids is 1.